The molecule has 3 rings (SSSR count). The zero-order valence-electron chi connectivity index (χ0n) is 14.7. The number of ether oxygens (including phenoxy) is 2. The molecular weight excluding hydrogens is 334 g/mol. The van der Waals surface area contributed by atoms with Crippen LogP contribution in [0.1, 0.15) is 5.56 Å². The quantitative estimate of drug-likeness (QED) is 0.787. The first-order chi connectivity index (χ1) is 12.6. The zero-order valence-corrected chi connectivity index (χ0v) is 14.7. The Morgan fingerprint density at radius 1 is 1.08 bits per heavy atom. The van der Waals surface area contributed by atoms with Gasteiger partial charge in [-0.25, -0.2) is 4.79 Å². The number of amides is 3. The molecule has 26 heavy (non-hydrogen) atoms. The van der Waals surface area contributed by atoms with Gasteiger partial charge in [-0.15, -0.1) is 0 Å². The Morgan fingerprint density at radius 3 is 2.42 bits per heavy atom. The summed E-state index contributed by atoms with van der Waals surface area (Å²) in [5.41, 5.74) is 2.30. The number of nitrogens with one attached hydrogen (secondary N) is 3. The predicted octanol–water partition coefficient (Wildman–Crippen LogP) is 2.64. The summed E-state index contributed by atoms with van der Waals surface area (Å²) in [6, 6.07) is 12.3. The second-order valence-electron chi connectivity index (χ2n) is 5.96. The van der Waals surface area contributed by atoms with Crippen molar-refractivity contribution in [3.05, 3.63) is 48.0 Å². The fraction of sp³-hybridized carbons (Fsp3) is 0.263. The molecule has 0 fully saturated rings. The number of rotatable bonds is 4. The lowest BCUT2D eigenvalue weighted by Gasteiger charge is -2.25. The molecule has 2 aromatic carbocycles. The van der Waals surface area contributed by atoms with Crippen molar-refractivity contribution in [1.29, 1.82) is 0 Å². The van der Waals surface area contributed by atoms with Crippen LogP contribution in [0.4, 0.5) is 16.2 Å². The highest BCUT2D eigenvalue weighted by Gasteiger charge is 2.26. The molecule has 0 spiro atoms. The van der Waals surface area contributed by atoms with Crippen molar-refractivity contribution in [1.82, 2.24) is 5.32 Å². The molecule has 2 aromatic rings. The average Bonchev–Trinajstić information content (AvgIpc) is 2.68. The van der Waals surface area contributed by atoms with Crippen LogP contribution in [-0.2, 0) is 11.2 Å². The summed E-state index contributed by atoms with van der Waals surface area (Å²) in [4.78, 5) is 23.8. The van der Waals surface area contributed by atoms with Crippen LogP contribution in [0.3, 0.4) is 0 Å². The van der Waals surface area contributed by atoms with E-state index in [4.69, 9.17) is 9.47 Å². The van der Waals surface area contributed by atoms with E-state index in [0.29, 0.717) is 24.4 Å². The van der Waals surface area contributed by atoms with E-state index >= 15 is 0 Å². The monoisotopic (exact) mass is 355 g/mol. The van der Waals surface area contributed by atoms with Crippen LogP contribution in [0.25, 0.3) is 0 Å². The largest absolute Gasteiger partial charge is 0.497 e. The lowest BCUT2D eigenvalue weighted by Crippen LogP contribution is -2.32. The summed E-state index contributed by atoms with van der Waals surface area (Å²) in [5, 5.41) is 8.03. The standard InChI is InChI=1S/C19H21N3O4/c1-20-19(24)22-15-6-4-14(5-7-15)21-18(23)13-9-12-3-8-16(25-2)10-17(12)26-11-13/h3-8,10,13H,9,11H2,1-2H3,(H,21,23)(H2,20,22,24)/t13-/m1/s1. The fourth-order valence-electron chi connectivity index (χ4n) is 2.72. The maximum atomic E-state index is 12.5. The SMILES string of the molecule is CNC(=O)Nc1ccc(NC(=O)[C@H]2COc3cc(OC)ccc3C2)cc1. The van der Waals surface area contributed by atoms with Gasteiger partial charge < -0.3 is 25.4 Å². The molecule has 0 radical (unpaired) electrons. The van der Waals surface area contributed by atoms with Crippen molar-refractivity contribution < 1.29 is 19.1 Å². The van der Waals surface area contributed by atoms with E-state index in [-0.39, 0.29) is 17.9 Å². The van der Waals surface area contributed by atoms with Crippen molar-refractivity contribution in [3.63, 3.8) is 0 Å². The first-order valence-corrected chi connectivity index (χ1v) is 8.28. The van der Waals surface area contributed by atoms with Crippen LogP contribution in [0.15, 0.2) is 42.5 Å². The van der Waals surface area contributed by atoms with Gasteiger partial charge in [0, 0.05) is 24.5 Å². The van der Waals surface area contributed by atoms with Gasteiger partial charge in [-0.3, -0.25) is 4.79 Å². The Morgan fingerprint density at radius 2 is 1.77 bits per heavy atom. The van der Waals surface area contributed by atoms with Gasteiger partial charge in [-0.2, -0.15) is 0 Å². The van der Waals surface area contributed by atoms with E-state index < -0.39 is 0 Å². The normalized spacial score (nSPS) is 15.2. The maximum Gasteiger partial charge on any atom is 0.318 e. The van der Waals surface area contributed by atoms with Gasteiger partial charge in [0.25, 0.3) is 0 Å². The highest BCUT2D eigenvalue weighted by Crippen LogP contribution is 2.31. The van der Waals surface area contributed by atoms with Crippen molar-refractivity contribution in [2.24, 2.45) is 5.92 Å². The average molecular weight is 355 g/mol. The van der Waals surface area contributed by atoms with Gasteiger partial charge >= 0.3 is 6.03 Å². The lowest BCUT2D eigenvalue weighted by atomic mass is 9.96. The highest BCUT2D eigenvalue weighted by molar-refractivity contribution is 5.94. The van der Waals surface area contributed by atoms with Crippen molar-refractivity contribution >= 4 is 23.3 Å². The molecule has 1 aliphatic rings. The fourth-order valence-corrected chi connectivity index (χ4v) is 2.72. The molecule has 1 atom stereocenters. The molecule has 7 nitrogen and oxygen atoms in total. The number of benzene rings is 2. The van der Waals surface area contributed by atoms with E-state index in [0.717, 1.165) is 17.1 Å². The maximum absolute atomic E-state index is 12.5. The second kappa shape index (κ2) is 7.77. The molecule has 7 heteroatoms. The van der Waals surface area contributed by atoms with Crippen molar-refractivity contribution in [2.45, 2.75) is 6.42 Å². The molecular formula is C19H21N3O4. The topological polar surface area (TPSA) is 88.7 Å². The Kier molecular flexibility index (Phi) is 5.26. The third-order valence-electron chi connectivity index (χ3n) is 4.19. The number of fused-ring (bicyclic) bond motifs is 1. The minimum Gasteiger partial charge on any atom is -0.497 e. The minimum atomic E-state index is -0.295. The van der Waals surface area contributed by atoms with Crippen LogP contribution < -0.4 is 25.4 Å². The van der Waals surface area contributed by atoms with E-state index in [1.165, 1.54) is 0 Å². The van der Waals surface area contributed by atoms with Crippen LogP contribution >= 0.6 is 0 Å². The summed E-state index contributed by atoms with van der Waals surface area (Å²) in [7, 11) is 3.15. The molecule has 1 heterocycles. The van der Waals surface area contributed by atoms with E-state index in [9.17, 15) is 9.59 Å². The van der Waals surface area contributed by atoms with E-state index in [1.54, 1.807) is 38.4 Å². The molecule has 0 saturated heterocycles. The molecule has 0 aliphatic carbocycles. The summed E-state index contributed by atoms with van der Waals surface area (Å²) in [5.74, 6) is 1.13. The summed E-state index contributed by atoms with van der Waals surface area (Å²) in [6.07, 6.45) is 0.613. The second-order valence-corrected chi connectivity index (χ2v) is 5.96. The Bertz CT molecular complexity index is 805. The predicted molar refractivity (Wildman–Crippen MR) is 98.8 cm³/mol. The molecule has 3 N–H and O–H groups in total. The van der Waals surface area contributed by atoms with Gasteiger partial charge in [-0.1, -0.05) is 6.07 Å². The summed E-state index contributed by atoms with van der Waals surface area (Å²) < 4.78 is 10.9. The third-order valence-corrected chi connectivity index (χ3v) is 4.19. The molecule has 0 saturated carbocycles. The number of hydrogen-bond acceptors (Lipinski definition) is 4. The first-order valence-electron chi connectivity index (χ1n) is 8.28. The minimum absolute atomic E-state index is 0.0986. The van der Waals surface area contributed by atoms with Gasteiger partial charge in [0.15, 0.2) is 0 Å². The third kappa shape index (κ3) is 4.05. The van der Waals surface area contributed by atoms with Crippen LogP contribution in [0.5, 0.6) is 11.5 Å². The first kappa shape index (κ1) is 17.6. The van der Waals surface area contributed by atoms with Crippen LogP contribution in [0.2, 0.25) is 0 Å². The molecule has 136 valence electrons. The van der Waals surface area contributed by atoms with Crippen LogP contribution in [-0.4, -0.2) is 32.7 Å². The van der Waals surface area contributed by atoms with Gasteiger partial charge in [0.1, 0.15) is 18.1 Å². The van der Waals surface area contributed by atoms with Gasteiger partial charge in [0.05, 0.1) is 13.0 Å². The summed E-state index contributed by atoms with van der Waals surface area (Å²) >= 11 is 0. The number of urea groups is 1. The molecule has 0 unspecified atom stereocenters. The van der Waals surface area contributed by atoms with Gasteiger partial charge in [-0.05, 0) is 42.3 Å². The van der Waals surface area contributed by atoms with E-state index in [1.807, 2.05) is 18.2 Å². The van der Waals surface area contributed by atoms with Crippen LogP contribution in [0, 0.1) is 5.92 Å². The molecule has 1 aliphatic heterocycles. The van der Waals surface area contributed by atoms with Gasteiger partial charge in [0.2, 0.25) is 5.91 Å². The Hall–Kier alpha value is -3.22. The smallest absolute Gasteiger partial charge is 0.318 e. The Labute approximate surface area is 151 Å². The zero-order chi connectivity index (χ0) is 18.5. The lowest BCUT2D eigenvalue weighted by molar-refractivity contribution is -0.121. The number of carbonyl (C=O) groups excluding carboxylic acids is 2. The molecule has 3 amide bonds. The molecule has 0 bridgehead atoms. The number of hydrogen-bond donors (Lipinski definition) is 3. The van der Waals surface area contributed by atoms with Crippen molar-refractivity contribution in [3.8, 4) is 11.5 Å². The van der Waals surface area contributed by atoms with E-state index in [2.05, 4.69) is 16.0 Å². The summed E-state index contributed by atoms with van der Waals surface area (Å²) in [6.45, 7) is 0.322. The number of anilines is 2. The molecule has 0 aromatic heterocycles. The highest BCUT2D eigenvalue weighted by atomic mass is 16.5. The Balaban J connectivity index is 1.60. The van der Waals surface area contributed by atoms with Crippen molar-refractivity contribution in [2.75, 3.05) is 31.4 Å². The number of methoxy groups -OCH3 is 1. The number of carbonyl (C=O) groups is 2.